The molecule has 0 aromatic heterocycles. The molecule has 5 heteroatoms. The van der Waals surface area contributed by atoms with E-state index in [2.05, 4.69) is 4.90 Å². The highest BCUT2D eigenvalue weighted by Gasteiger charge is 2.27. The van der Waals surface area contributed by atoms with E-state index in [1.165, 1.54) is 0 Å². The lowest BCUT2D eigenvalue weighted by atomic mass is 10.0. The van der Waals surface area contributed by atoms with E-state index in [0.29, 0.717) is 30.2 Å². The monoisotopic (exact) mass is 308 g/mol. The number of nitrogen functional groups attached to an aromatic ring is 1. The van der Waals surface area contributed by atoms with Gasteiger partial charge in [0.15, 0.2) is 0 Å². The predicted octanol–water partition coefficient (Wildman–Crippen LogP) is 1.49. The number of methoxy groups -OCH3 is 1. The summed E-state index contributed by atoms with van der Waals surface area (Å²) in [6.07, 6.45) is -3.38. The Labute approximate surface area is 139 Å². The van der Waals surface area contributed by atoms with E-state index < -0.39 is 18.8 Å². The first-order valence-corrected chi connectivity index (χ1v) is 7.75. The molecule has 1 aromatic carbocycles. The number of likely N-dealkylation sites (N-methyl/N-ethyl adjacent to an activating group) is 1. The zero-order valence-electron chi connectivity index (χ0n) is 17.4. The first-order valence-electron chi connectivity index (χ1n) is 9.75. The molecule has 0 atom stereocenters. The molecule has 2 aliphatic heterocycles. The van der Waals surface area contributed by atoms with Crippen molar-refractivity contribution < 1.29 is 10.2 Å². The molecule has 2 N–H and O–H groups in total. The molecule has 122 valence electrons. The largest absolute Gasteiger partial charge is 0.495 e. The second kappa shape index (κ2) is 6.75. The minimum atomic E-state index is -1.69. The third kappa shape index (κ3) is 3.31. The van der Waals surface area contributed by atoms with E-state index in [1.54, 1.807) is 30.2 Å². The molecule has 2 fully saturated rings. The highest BCUT2D eigenvalue weighted by Crippen LogP contribution is 2.32. The number of hydrogen-bond donors (Lipinski definition) is 1. The Balaban J connectivity index is 1.88. The lowest BCUT2D eigenvalue weighted by molar-refractivity contribution is 0.0981. The highest BCUT2D eigenvalue weighted by atomic mass is 16.5. The lowest BCUT2D eigenvalue weighted by Gasteiger charge is -2.42. The third-order valence-electron chi connectivity index (χ3n) is 4.40. The van der Waals surface area contributed by atoms with Gasteiger partial charge in [0.2, 0.25) is 0 Å². The van der Waals surface area contributed by atoms with Gasteiger partial charge >= 0.3 is 0 Å². The van der Waals surface area contributed by atoms with Crippen LogP contribution in [0, 0.1) is 0 Å². The van der Waals surface area contributed by atoms with Crippen LogP contribution in [0.4, 0.5) is 11.4 Å². The molecule has 0 saturated carbocycles. The second-order valence-corrected chi connectivity index (χ2v) is 5.94. The van der Waals surface area contributed by atoms with Crippen molar-refractivity contribution in [3.63, 3.8) is 0 Å². The molecule has 0 unspecified atom stereocenters. The number of hydrogen-bond acceptors (Lipinski definition) is 5. The summed E-state index contributed by atoms with van der Waals surface area (Å²) in [5, 5.41) is 0. The fourth-order valence-electron chi connectivity index (χ4n) is 2.99. The Morgan fingerprint density at radius 3 is 2.45 bits per heavy atom. The molecule has 5 nitrogen and oxygen atoms in total. The van der Waals surface area contributed by atoms with E-state index in [0.717, 1.165) is 13.1 Å². The summed E-state index contributed by atoms with van der Waals surface area (Å²) in [4.78, 5) is 5.92. The molecule has 0 aliphatic carbocycles. The first kappa shape index (κ1) is 11.1. The highest BCUT2D eigenvalue weighted by molar-refractivity contribution is 5.64. The van der Waals surface area contributed by atoms with Gasteiger partial charge in [0.05, 0.1) is 12.8 Å². The summed E-state index contributed by atoms with van der Waals surface area (Å²) in [5.74, 6) is 0.537. The Bertz CT molecular complexity index is 632. The maximum absolute atomic E-state index is 8.64. The van der Waals surface area contributed by atoms with Gasteiger partial charge in [-0.1, -0.05) is 0 Å². The Kier molecular flexibility index (Phi) is 3.42. The fraction of sp³-hybridized carbons (Fsp3) is 0.647. The van der Waals surface area contributed by atoms with E-state index in [-0.39, 0.29) is 13.1 Å². The van der Waals surface area contributed by atoms with E-state index >= 15 is 0 Å². The van der Waals surface area contributed by atoms with Crippen LogP contribution in [0.25, 0.3) is 0 Å². The van der Waals surface area contributed by atoms with Crippen molar-refractivity contribution in [2.24, 2.45) is 0 Å². The van der Waals surface area contributed by atoms with Crippen molar-refractivity contribution in [1.29, 1.82) is 0 Å². The maximum atomic E-state index is 8.64. The molecule has 22 heavy (non-hydrogen) atoms. The standard InChI is InChI=1S/C17H28N4O/c1-19-9-11-20(12-10-19)15-5-7-21(8-6-15)16-4-3-14(18)13-17(16)22-2/h3-4,13,15H,5-12,18H2,1-2H3/i5D2,6D2. The van der Waals surface area contributed by atoms with Gasteiger partial charge in [0.25, 0.3) is 0 Å². The Morgan fingerprint density at radius 1 is 1.14 bits per heavy atom. The SMILES string of the molecule is [2H]C1([2H])CN(c2ccc(N)cc2OC)CC([2H])([2H])C1N1CCN(C)CC1. The van der Waals surface area contributed by atoms with Gasteiger partial charge in [-0.15, -0.1) is 0 Å². The minimum absolute atomic E-state index is 0.115. The second-order valence-electron chi connectivity index (χ2n) is 5.94. The third-order valence-corrected chi connectivity index (χ3v) is 4.40. The number of nitrogens with zero attached hydrogens (tertiary/aromatic N) is 3. The zero-order valence-corrected chi connectivity index (χ0v) is 13.4. The minimum Gasteiger partial charge on any atom is -0.495 e. The average Bonchev–Trinajstić information content (AvgIpc) is 2.54. The van der Waals surface area contributed by atoms with Crippen LogP contribution in [0.2, 0.25) is 0 Å². The molecule has 0 radical (unpaired) electrons. The van der Waals surface area contributed by atoms with Crippen molar-refractivity contribution in [1.82, 2.24) is 9.80 Å². The van der Waals surface area contributed by atoms with E-state index in [1.807, 2.05) is 11.9 Å². The average molecular weight is 308 g/mol. The Morgan fingerprint density at radius 2 is 1.82 bits per heavy atom. The molecular formula is C17H28N4O. The summed E-state index contributed by atoms with van der Waals surface area (Å²) in [7, 11) is 3.58. The lowest BCUT2D eigenvalue weighted by Crippen LogP contribution is -2.52. The van der Waals surface area contributed by atoms with Gasteiger partial charge in [-0.05, 0) is 31.9 Å². The van der Waals surface area contributed by atoms with Crippen LogP contribution in [0.3, 0.4) is 0 Å². The molecule has 0 amide bonds. The molecule has 3 rings (SSSR count). The summed E-state index contributed by atoms with van der Waals surface area (Å²) in [5.41, 5.74) is 7.04. The molecule has 2 aliphatic rings. The maximum Gasteiger partial charge on any atom is 0.144 e. The van der Waals surface area contributed by atoms with Crippen molar-refractivity contribution in [3.05, 3.63) is 18.2 Å². The van der Waals surface area contributed by atoms with Crippen LogP contribution >= 0.6 is 0 Å². The molecule has 2 saturated heterocycles. The number of piperidine rings is 1. The summed E-state index contributed by atoms with van der Waals surface area (Å²) < 4.78 is 39.9. The first-order chi connectivity index (χ1) is 12.1. The van der Waals surface area contributed by atoms with Crippen LogP contribution in [0.1, 0.15) is 18.2 Å². The van der Waals surface area contributed by atoms with Crippen molar-refractivity contribution in [2.75, 3.05) is 64.1 Å². The number of anilines is 2. The topological polar surface area (TPSA) is 45.0 Å². The molecule has 0 bridgehead atoms. The van der Waals surface area contributed by atoms with Gasteiger partial charge in [0.1, 0.15) is 5.75 Å². The van der Waals surface area contributed by atoms with Crippen LogP contribution in [-0.4, -0.2) is 69.3 Å². The predicted molar refractivity (Wildman–Crippen MR) is 91.7 cm³/mol. The van der Waals surface area contributed by atoms with Gasteiger partial charge in [0, 0.05) is 62.5 Å². The number of rotatable bonds is 3. The number of piperazine rings is 1. The fourth-order valence-corrected chi connectivity index (χ4v) is 2.99. The molecule has 0 spiro atoms. The van der Waals surface area contributed by atoms with Crippen LogP contribution in [0.15, 0.2) is 18.2 Å². The summed E-state index contributed by atoms with van der Waals surface area (Å²) >= 11 is 0. The van der Waals surface area contributed by atoms with Crippen molar-refractivity contribution in [2.45, 2.75) is 18.8 Å². The van der Waals surface area contributed by atoms with E-state index in [9.17, 15) is 0 Å². The van der Waals surface area contributed by atoms with Crippen molar-refractivity contribution in [3.8, 4) is 5.75 Å². The normalized spacial score (nSPS) is 29.3. The molecular weight excluding hydrogens is 276 g/mol. The zero-order chi connectivity index (χ0) is 19.1. The molecule has 2 heterocycles. The smallest absolute Gasteiger partial charge is 0.144 e. The quantitative estimate of drug-likeness (QED) is 0.857. The van der Waals surface area contributed by atoms with Crippen molar-refractivity contribution >= 4 is 11.4 Å². The van der Waals surface area contributed by atoms with E-state index in [4.69, 9.17) is 16.0 Å². The molecule has 1 aromatic rings. The number of ether oxygens (including phenoxy) is 1. The van der Waals surface area contributed by atoms with Gasteiger partial charge in [-0.25, -0.2) is 0 Å². The van der Waals surface area contributed by atoms with Gasteiger partial charge in [-0.3, -0.25) is 4.90 Å². The Hall–Kier alpha value is -1.46. The van der Waals surface area contributed by atoms with Gasteiger partial charge in [-0.2, -0.15) is 0 Å². The van der Waals surface area contributed by atoms with Crippen LogP contribution in [-0.2, 0) is 0 Å². The van der Waals surface area contributed by atoms with Crippen LogP contribution in [0.5, 0.6) is 5.75 Å². The van der Waals surface area contributed by atoms with Crippen LogP contribution < -0.4 is 15.4 Å². The van der Waals surface area contributed by atoms with Gasteiger partial charge < -0.3 is 20.3 Å². The summed E-state index contributed by atoms with van der Waals surface area (Å²) in [6, 6.07) is 4.43. The summed E-state index contributed by atoms with van der Waals surface area (Å²) in [6.45, 7) is 3.26. The number of benzene rings is 1. The number of nitrogens with two attached hydrogens (primary N) is 1.